The lowest BCUT2D eigenvalue weighted by molar-refractivity contribution is 0.211. The molecule has 2 aromatic carbocycles. The predicted molar refractivity (Wildman–Crippen MR) is 90.8 cm³/mol. The molecule has 112 valence electrons. The average Bonchev–Trinajstić information content (AvgIpc) is 2.43. The lowest BCUT2D eigenvalue weighted by Crippen LogP contribution is -2.37. The molecule has 0 amide bonds. The van der Waals surface area contributed by atoms with Crippen molar-refractivity contribution in [2.75, 3.05) is 7.05 Å². The van der Waals surface area contributed by atoms with Crippen LogP contribution in [0.1, 0.15) is 24.1 Å². The van der Waals surface area contributed by atoms with E-state index in [1.165, 1.54) is 0 Å². The number of likely N-dealkylation sites (N-methyl/N-ethyl adjacent to an activating group) is 1. The molecular formula is C17H20Cl2N2. The number of nitrogens with zero attached hydrogens (tertiary/aromatic N) is 1. The van der Waals surface area contributed by atoms with E-state index in [2.05, 4.69) is 4.90 Å². The van der Waals surface area contributed by atoms with Crippen molar-refractivity contribution >= 4 is 23.2 Å². The average molecular weight is 323 g/mol. The fourth-order valence-electron chi connectivity index (χ4n) is 2.63. The highest BCUT2D eigenvalue weighted by atomic mass is 35.5. The van der Waals surface area contributed by atoms with Crippen molar-refractivity contribution in [2.24, 2.45) is 5.73 Å². The first-order valence-electron chi connectivity index (χ1n) is 6.94. The molecule has 0 aliphatic rings. The Morgan fingerprint density at radius 3 is 2.14 bits per heavy atom. The van der Waals surface area contributed by atoms with E-state index in [1.54, 1.807) is 0 Å². The third-order valence-electron chi connectivity index (χ3n) is 3.57. The number of benzene rings is 2. The normalized spacial score (nSPS) is 14.2. The number of hydrogen-bond acceptors (Lipinski definition) is 2. The number of nitrogens with two attached hydrogens (primary N) is 1. The summed E-state index contributed by atoms with van der Waals surface area (Å²) in [4.78, 5) is 2.19. The number of rotatable bonds is 5. The van der Waals surface area contributed by atoms with Crippen molar-refractivity contribution in [3.63, 3.8) is 0 Å². The van der Waals surface area contributed by atoms with Crippen molar-refractivity contribution in [3.8, 4) is 0 Å². The van der Waals surface area contributed by atoms with E-state index in [4.69, 9.17) is 28.9 Å². The van der Waals surface area contributed by atoms with Crippen LogP contribution in [0.25, 0.3) is 0 Å². The monoisotopic (exact) mass is 322 g/mol. The maximum absolute atomic E-state index is 6.33. The molecule has 0 heterocycles. The van der Waals surface area contributed by atoms with Gasteiger partial charge in [-0.3, -0.25) is 4.90 Å². The lowest BCUT2D eigenvalue weighted by atomic mass is 9.99. The molecule has 2 aromatic rings. The van der Waals surface area contributed by atoms with Crippen LogP contribution in [0.4, 0.5) is 0 Å². The lowest BCUT2D eigenvalue weighted by Gasteiger charge is -2.32. The summed E-state index contributed by atoms with van der Waals surface area (Å²) in [7, 11) is 2.04. The van der Waals surface area contributed by atoms with Gasteiger partial charge in [0.25, 0.3) is 0 Å². The number of hydrogen-bond donors (Lipinski definition) is 1. The minimum atomic E-state index is -0.0441. The molecule has 4 heteroatoms. The van der Waals surface area contributed by atoms with E-state index in [9.17, 15) is 0 Å². The second-order valence-electron chi connectivity index (χ2n) is 5.33. The van der Waals surface area contributed by atoms with Gasteiger partial charge in [-0.15, -0.1) is 0 Å². The van der Waals surface area contributed by atoms with Gasteiger partial charge in [-0.2, -0.15) is 0 Å². The standard InChI is InChI=1S/C17H20Cl2N2/c1-12(20)17(14-8-4-6-10-16(14)19)21(2)11-13-7-3-5-9-15(13)18/h3-10,12,17H,11,20H2,1-2H3. The fourth-order valence-corrected chi connectivity index (χ4v) is 3.07. The number of halogens is 2. The van der Waals surface area contributed by atoms with Crippen molar-refractivity contribution < 1.29 is 0 Å². The first kappa shape index (κ1) is 16.3. The summed E-state index contributed by atoms with van der Waals surface area (Å²) in [6.45, 7) is 2.72. The highest BCUT2D eigenvalue weighted by molar-refractivity contribution is 6.31. The van der Waals surface area contributed by atoms with E-state index >= 15 is 0 Å². The van der Waals surface area contributed by atoms with Crippen LogP contribution in [0.15, 0.2) is 48.5 Å². The first-order valence-corrected chi connectivity index (χ1v) is 7.70. The Balaban J connectivity index is 2.27. The minimum Gasteiger partial charge on any atom is -0.326 e. The van der Waals surface area contributed by atoms with E-state index in [0.29, 0.717) is 0 Å². The quantitative estimate of drug-likeness (QED) is 0.877. The maximum atomic E-state index is 6.33. The van der Waals surface area contributed by atoms with Gasteiger partial charge < -0.3 is 5.73 Å². The molecule has 0 aliphatic carbocycles. The first-order chi connectivity index (χ1) is 10.0. The van der Waals surface area contributed by atoms with Gasteiger partial charge in [0.1, 0.15) is 0 Å². The third kappa shape index (κ3) is 3.98. The molecule has 0 fully saturated rings. The molecule has 2 N–H and O–H groups in total. The van der Waals surface area contributed by atoms with Gasteiger partial charge in [-0.25, -0.2) is 0 Å². The molecule has 0 radical (unpaired) electrons. The summed E-state index contributed by atoms with van der Waals surface area (Å²) < 4.78 is 0. The van der Waals surface area contributed by atoms with Crippen LogP contribution in [-0.2, 0) is 6.54 Å². The molecule has 0 bridgehead atoms. The minimum absolute atomic E-state index is 0.0370. The zero-order chi connectivity index (χ0) is 15.4. The third-order valence-corrected chi connectivity index (χ3v) is 4.29. The second-order valence-corrected chi connectivity index (χ2v) is 6.15. The zero-order valence-corrected chi connectivity index (χ0v) is 13.8. The second kappa shape index (κ2) is 7.28. The Morgan fingerprint density at radius 2 is 1.57 bits per heavy atom. The van der Waals surface area contributed by atoms with Crippen LogP contribution in [0.5, 0.6) is 0 Å². The van der Waals surface area contributed by atoms with E-state index < -0.39 is 0 Å². The molecule has 0 saturated heterocycles. The molecule has 21 heavy (non-hydrogen) atoms. The largest absolute Gasteiger partial charge is 0.326 e. The van der Waals surface area contributed by atoms with Gasteiger partial charge in [0, 0.05) is 22.6 Å². The predicted octanol–water partition coefficient (Wildman–Crippen LogP) is 4.51. The summed E-state index contributed by atoms with van der Waals surface area (Å²) in [6, 6.07) is 15.7. The Labute approximate surface area is 136 Å². The molecule has 0 spiro atoms. The summed E-state index contributed by atoms with van der Waals surface area (Å²) in [5, 5.41) is 1.51. The van der Waals surface area contributed by atoms with Crippen molar-refractivity contribution in [3.05, 3.63) is 69.7 Å². The van der Waals surface area contributed by atoms with Crippen LogP contribution < -0.4 is 5.73 Å². The highest BCUT2D eigenvalue weighted by Crippen LogP contribution is 2.30. The van der Waals surface area contributed by atoms with Gasteiger partial charge >= 0.3 is 0 Å². The molecule has 0 saturated carbocycles. The summed E-state index contributed by atoms with van der Waals surface area (Å²) >= 11 is 12.6. The fraction of sp³-hybridized carbons (Fsp3) is 0.294. The van der Waals surface area contributed by atoms with Crippen LogP contribution in [0.2, 0.25) is 10.0 Å². The summed E-state index contributed by atoms with van der Waals surface area (Å²) in [6.07, 6.45) is 0. The molecule has 2 unspecified atom stereocenters. The SMILES string of the molecule is CC(N)C(c1ccccc1Cl)N(C)Cc1ccccc1Cl. The van der Waals surface area contributed by atoms with Gasteiger partial charge in [-0.05, 0) is 37.2 Å². The van der Waals surface area contributed by atoms with E-state index in [0.717, 1.165) is 27.7 Å². The molecule has 0 aromatic heterocycles. The molecular weight excluding hydrogens is 303 g/mol. The Hall–Kier alpha value is -1.06. The van der Waals surface area contributed by atoms with Gasteiger partial charge in [0.15, 0.2) is 0 Å². The highest BCUT2D eigenvalue weighted by Gasteiger charge is 2.23. The van der Waals surface area contributed by atoms with Crippen LogP contribution in [0, 0.1) is 0 Å². The maximum Gasteiger partial charge on any atom is 0.0511 e. The van der Waals surface area contributed by atoms with Gasteiger partial charge in [-0.1, -0.05) is 59.6 Å². The molecule has 0 aliphatic heterocycles. The summed E-state index contributed by atoms with van der Waals surface area (Å²) in [5.41, 5.74) is 8.32. The van der Waals surface area contributed by atoms with Crippen molar-refractivity contribution in [1.82, 2.24) is 4.90 Å². The smallest absolute Gasteiger partial charge is 0.0511 e. The molecule has 2 atom stereocenters. The Morgan fingerprint density at radius 1 is 1.00 bits per heavy atom. The molecule has 2 nitrogen and oxygen atoms in total. The van der Waals surface area contributed by atoms with Crippen molar-refractivity contribution in [2.45, 2.75) is 25.6 Å². The van der Waals surface area contributed by atoms with Crippen molar-refractivity contribution in [1.29, 1.82) is 0 Å². The zero-order valence-electron chi connectivity index (χ0n) is 12.3. The van der Waals surface area contributed by atoms with Gasteiger partial charge in [0.2, 0.25) is 0 Å². The molecule has 2 rings (SSSR count). The Kier molecular flexibility index (Phi) is 5.65. The van der Waals surface area contributed by atoms with Gasteiger partial charge in [0.05, 0.1) is 6.04 Å². The topological polar surface area (TPSA) is 29.3 Å². The van der Waals surface area contributed by atoms with Crippen LogP contribution in [-0.4, -0.2) is 18.0 Å². The Bertz CT molecular complexity index is 599. The van der Waals surface area contributed by atoms with Crippen LogP contribution >= 0.6 is 23.2 Å². The summed E-state index contributed by atoms with van der Waals surface area (Å²) in [5.74, 6) is 0. The van der Waals surface area contributed by atoms with E-state index in [1.807, 2.05) is 62.5 Å². The van der Waals surface area contributed by atoms with E-state index in [-0.39, 0.29) is 12.1 Å². The van der Waals surface area contributed by atoms with Crippen LogP contribution in [0.3, 0.4) is 0 Å².